The van der Waals surface area contributed by atoms with Gasteiger partial charge in [-0.3, -0.25) is 4.68 Å². The second kappa shape index (κ2) is 5.45. The molecular formula is C17H18N4. The number of aromatic nitrogens is 3. The lowest BCUT2D eigenvalue weighted by atomic mass is 10.2. The molecule has 0 aliphatic carbocycles. The molecule has 106 valence electrons. The number of aryl methyl sites for hydroxylation is 2. The number of hydrogen-bond donors (Lipinski definition) is 0. The molecule has 0 radical (unpaired) electrons. The maximum Gasteiger partial charge on any atom is 0.0992 e. The molecule has 0 unspecified atom stereocenters. The van der Waals surface area contributed by atoms with Crippen molar-refractivity contribution in [3.05, 3.63) is 53.5 Å². The molecular weight excluding hydrogens is 260 g/mol. The zero-order valence-corrected chi connectivity index (χ0v) is 12.4. The van der Waals surface area contributed by atoms with Gasteiger partial charge in [0.05, 0.1) is 29.6 Å². The van der Waals surface area contributed by atoms with E-state index in [0.29, 0.717) is 5.56 Å². The van der Waals surface area contributed by atoms with Crippen LogP contribution in [0.15, 0.2) is 36.5 Å². The minimum absolute atomic E-state index is 0.695. The highest BCUT2D eigenvalue weighted by Crippen LogP contribution is 2.19. The summed E-state index contributed by atoms with van der Waals surface area (Å²) in [6.45, 7) is 5.88. The molecule has 1 aromatic carbocycles. The third-order valence-corrected chi connectivity index (χ3v) is 3.81. The molecule has 0 saturated heterocycles. The van der Waals surface area contributed by atoms with Gasteiger partial charge in [-0.25, -0.2) is 0 Å². The van der Waals surface area contributed by atoms with Crippen LogP contribution in [0.5, 0.6) is 0 Å². The summed E-state index contributed by atoms with van der Waals surface area (Å²) in [6.07, 6.45) is 3.02. The zero-order valence-electron chi connectivity index (χ0n) is 12.4. The van der Waals surface area contributed by atoms with Crippen LogP contribution in [0.4, 0.5) is 0 Å². The second-order valence-corrected chi connectivity index (χ2v) is 5.13. The Morgan fingerprint density at radius 3 is 2.76 bits per heavy atom. The standard InChI is InChI=1S/C17H18N4/c1-3-15-10-16(21(4-2)19-15)12-20-8-7-14-6-5-13(11-18)9-17(14)20/h5-10H,3-4,12H2,1-2H3. The van der Waals surface area contributed by atoms with E-state index in [-0.39, 0.29) is 0 Å². The van der Waals surface area contributed by atoms with Gasteiger partial charge in [0.25, 0.3) is 0 Å². The molecule has 0 spiro atoms. The van der Waals surface area contributed by atoms with Gasteiger partial charge in [0.2, 0.25) is 0 Å². The van der Waals surface area contributed by atoms with E-state index < -0.39 is 0 Å². The molecule has 4 nitrogen and oxygen atoms in total. The van der Waals surface area contributed by atoms with E-state index in [4.69, 9.17) is 5.26 Å². The molecule has 0 aliphatic heterocycles. The molecule has 0 N–H and O–H groups in total. The molecule has 0 atom stereocenters. The molecule has 0 aliphatic rings. The SMILES string of the molecule is CCc1cc(Cn2ccc3ccc(C#N)cc32)n(CC)n1. The van der Waals surface area contributed by atoms with Crippen molar-refractivity contribution in [2.24, 2.45) is 0 Å². The lowest BCUT2D eigenvalue weighted by Gasteiger charge is -2.07. The van der Waals surface area contributed by atoms with Crippen LogP contribution in [0.3, 0.4) is 0 Å². The fourth-order valence-corrected chi connectivity index (χ4v) is 2.65. The van der Waals surface area contributed by atoms with Crippen molar-refractivity contribution in [2.75, 3.05) is 0 Å². The zero-order chi connectivity index (χ0) is 14.8. The Bertz CT molecular complexity index is 817. The number of fused-ring (bicyclic) bond motifs is 1. The molecule has 2 heterocycles. The predicted molar refractivity (Wildman–Crippen MR) is 83.0 cm³/mol. The number of benzene rings is 1. The minimum Gasteiger partial charge on any atom is -0.341 e. The monoisotopic (exact) mass is 278 g/mol. The van der Waals surface area contributed by atoms with Gasteiger partial charge in [-0.15, -0.1) is 0 Å². The normalized spacial score (nSPS) is 10.9. The van der Waals surface area contributed by atoms with Gasteiger partial charge in [-0.1, -0.05) is 13.0 Å². The van der Waals surface area contributed by atoms with Crippen LogP contribution in [0.2, 0.25) is 0 Å². The average molecular weight is 278 g/mol. The molecule has 0 fully saturated rings. The van der Waals surface area contributed by atoms with Crippen LogP contribution >= 0.6 is 0 Å². The van der Waals surface area contributed by atoms with Crippen molar-refractivity contribution in [3.8, 4) is 6.07 Å². The predicted octanol–water partition coefficient (Wildman–Crippen LogP) is 3.34. The summed E-state index contributed by atoms with van der Waals surface area (Å²) in [7, 11) is 0. The van der Waals surface area contributed by atoms with E-state index in [2.05, 4.69) is 52.6 Å². The highest BCUT2D eigenvalue weighted by Gasteiger charge is 2.08. The van der Waals surface area contributed by atoms with Gasteiger partial charge >= 0.3 is 0 Å². The Labute approximate surface area is 124 Å². The van der Waals surface area contributed by atoms with Gasteiger partial charge in [-0.2, -0.15) is 10.4 Å². The van der Waals surface area contributed by atoms with E-state index >= 15 is 0 Å². The van der Waals surface area contributed by atoms with Crippen molar-refractivity contribution >= 4 is 10.9 Å². The Morgan fingerprint density at radius 1 is 1.19 bits per heavy atom. The van der Waals surface area contributed by atoms with Gasteiger partial charge in [0.1, 0.15) is 0 Å². The summed E-state index contributed by atoms with van der Waals surface area (Å²) in [5, 5.41) is 14.8. The van der Waals surface area contributed by atoms with Crippen LogP contribution < -0.4 is 0 Å². The molecule has 0 saturated carbocycles. The molecule has 2 aromatic heterocycles. The first-order valence-electron chi connectivity index (χ1n) is 7.29. The Balaban J connectivity index is 2.02. The highest BCUT2D eigenvalue weighted by atomic mass is 15.3. The van der Waals surface area contributed by atoms with Crippen LogP contribution in [-0.2, 0) is 19.5 Å². The summed E-state index contributed by atoms with van der Waals surface area (Å²) in [6, 6.07) is 12.3. The first kappa shape index (κ1) is 13.4. The molecule has 3 rings (SSSR count). The first-order chi connectivity index (χ1) is 10.2. The van der Waals surface area contributed by atoms with Gasteiger partial charge in [0.15, 0.2) is 0 Å². The largest absolute Gasteiger partial charge is 0.341 e. The summed E-state index contributed by atoms with van der Waals surface area (Å²) < 4.78 is 4.23. The van der Waals surface area contributed by atoms with Gasteiger partial charge in [0, 0.05) is 18.3 Å². The fourth-order valence-electron chi connectivity index (χ4n) is 2.65. The van der Waals surface area contributed by atoms with Crippen LogP contribution in [0.1, 0.15) is 30.8 Å². The van der Waals surface area contributed by atoms with Crippen LogP contribution in [0.25, 0.3) is 10.9 Å². The Hall–Kier alpha value is -2.54. The van der Waals surface area contributed by atoms with Crippen molar-refractivity contribution in [3.63, 3.8) is 0 Å². The maximum atomic E-state index is 9.06. The number of hydrogen-bond acceptors (Lipinski definition) is 2. The fraction of sp³-hybridized carbons (Fsp3) is 0.294. The summed E-state index contributed by atoms with van der Waals surface area (Å²) in [5.74, 6) is 0. The van der Waals surface area contributed by atoms with Gasteiger partial charge in [-0.05, 0) is 43.0 Å². The molecule has 4 heteroatoms. The summed E-state index contributed by atoms with van der Waals surface area (Å²) >= 11 is 0. The van der Waals surface area contributed by atoms with Crippen LogP contribution in [0, 0.1) is 11.3 Å². The Morgan fingerprint density at radius 2 is 2.05 bits per heavy atom. The van der Waals surface area contributed by atoms with E-state index in [9.17, 15) is 0 Å². The second-order valence-electron chi connectivity index (χ2n) is 5.13. The quantitative estimate of drug-likeness (QED) is 0.734. The van der Waals surface area contributed by atoms with Crippen molar-refractivity contribution in [1.82, 2.24) is 14.3 Å². The van der Waals surface area contributed by atoms with Crippen LogP contribution in [-0.4, -0.2) is 14.3 Å². The lowest BCUT2D eigenvalue weighted by molar-refractivity contribution is 0.599. The van der Waals surface area contributed by atoms with Crippen molar-refractivity contribution < 1.29 is 0 Å². The smallest absolute Gasteiger partial charge is 0.0992 e. The number of rotatable bonds is 4. The third kappa shape index (κ3) is 2.43. The first-order valence-corrected chi connectivity index (χ1v) is 7.29. The van der Waals surface area contributed by atoms with E-state index in [1.54, 1.807) is 0 Å². The maximum absolute atomic E-state index is 9.06. The molecule has 3 aromatic rings. The third-order valence-electron chi connectivity index (χ3n) is 3.81. The van der Waals surface area contributed by atoms with Crippen molar-refractivity contribution in [2.45, 2.75) is 33.4 Å². The van der Waals surface area contributed by atoms with E-state index in [1.165, 1.54) is 5.69 Å². The topological polar surface area (TPSA) is 46.5 Å². The Kier molecular flexibility index (Phi) is 3.49. The highest BCUT2D eigenvalue weighted by molar-refractivity contribution is 5.81. The minimum atomic E-state index is 0.695. The molecule has 0 bridgehead atoms. The van der Waals surface area contributed by atoms with E-state index in [0.717, 1.165) is 36.1 Å². The van der Waals surface area contributed by atoms with Crippen molar-refractivity contribution in [1.29, 1.82) is 5.26 Å². The summed E-state index contributed by atoms with van der Waals surface area (Å²) in [5.41, 5.74) is 4.12. The average Bonchev–Trinajstić information content (AvgIpc) is 3.11. The van der Waals surface area contributed by atoms with Gasteiger partial charge < -0.3 is 4.57 Å². The number of nitriles is 1. The van der Waals surface area contributed by atoms with E-state index in [1.807, 2.05) is 18.2 Å². The lowest BCUT2D eigenvalue weighted by Crippen LogP contribution is -2.07. The molecule has 21 heavy (non-hydrogen) atoms. The summed E-state index contributed by atoms with van der Waals surface area (Å²) in [4.78, 5) is 0. The number of nitrogens with zero attached hydrogens (tertiary/aromatic N) is 4. The molecule has 0 amide bonds.